The second-order valence-electron chi connectivity index (χ2n) is 15.2. The van der Waals surface area contributed by atoms with E-state index in [-0.39, 0.29) is 13.4 Å². The van der Waals surface area contributed by atoms with E-state index in [0.29, 0.717) is 0 Å². The molecule has 0 atom stereocenters. The standard InChI is InChI=1S/C44H36B2Si2/c1-47(2)39-17-9-5-13-35(39)45(36-14-6-10-18-40(36)47)33-27-23-29-22-26-32-34(28-24-30-21-25-31(33)43(29)44(30)32)46-37-15-7-11-19-41(37)48(3,4)42-20-12-8-16-38(42)46/h5-28H,1-4H3. The van der Waals surface area contributed by atoms with Crippen molar-refractivity contribution in [2.24, 2.45) is 0 Å². The van der Waals surface area contributed by atoms with Gasteiger partial charge in [-0.25, -0.2) is 0 Å². The van der Waals surface area contributed by atoms with Crippen LogP contribution in [0.3, 0.4) is 0 Å². The van der Waals surface area contributed by atoms with Crippen LogP contribution in [0.1, 0.15) is 0 Å². The van der Waals surface area contributed by atoms with Gasteiger partial charge in [0.2, 0.25) is 13.4 Å². The molecule has 0 nitrogen and oxygen atoms in total. The second kappa shape index (κ2) is 9.95. The van der Waals surface area contributed by atoms with Crippen molar-refractivity contribution in [2.75, 3.05) is 0 Å². The molecular weight excluding hydrogens is 606 g/mol. The highest BCUT2D eigenvalue weighted by molar-refractivity contribution is 7.15. The Morgan fingerprint density at radius 2 is 0.604 bits per heavy atom. The van der Waals surface area contributed by atoms with Gasteiger partial charge in [0.25, 0.3) is 0 Å². The van der Waals surface area contributed by atoms with E-state index in [1.807, 2.05) is 0 Å². The van der Waals surface area contributed by atoms with Crippen LogP contribution < -0.4 is 53.5 Å². The third-order valence-corrected chi connectivity index (χ3v) is 19.3. The zero-order valence-corrected chi connectivity index (χ0v) is 30.0. The van der Waals surface area contributed by atoms with Crippen LogP contribution >= 0.6 is 0 Å². The Balaban J connectivity index is 1.26. The molecule has 0 N–H and O–H groups in total. The van der Waals surface area contributed by atoms with Crippen LogP contribution in [0.15, 0.2) is 146 Å². The lowest BCUT2D eigenvalue weighted by molar-refractivity contribution is 1.68. The lowest BCUT2D eigenvalue weighted by Crippen LogP contribution is -2.76. The number of fused-ring (bicyclic) bond motifs is 4. The van der Waals surface area contributed by atoms with E-state index in [0.717, 1.165) is 0 Å². The first-order chi connectivity index (χ1) is 23.4. The molecule has 0 radical (unpaired) electrons. The molecule has 8 aromatic carbocycles. The third-order valence-electron chi connectivity index (χ3n) is 12.1. The van der Waals surface area contributed by atoms with Gasteiger partial charge in [-0.1, -0.05) is 225 Å². The van der Waals surface area contributed by atoms with E-state index < -0.39 is 16.1 Å². The summed E-state index contributed by atoms with van der Waals surface area (Å²) in [6.45, 7) is 10.5. The Labute approximate surface area is 286 Å². The van der Waals surface area contributed by atoms with Gasteiger partial charge in [0, 0.05) is 0 Å². The molecule has 0 saturated heterocycles. The summed E-state index contributed by atoms with van der Waals surface area (Å²) in [6, 6.07) is 56.5. The Morgan fingerprint density at radius 1 is 0.312 bits per heavy atom. The summed E-state index contributed by atoms with van der Waals surface area (Å²) in [5.41, 5.74) is 8.81. The van der Waals surface area contributed by atoms with Crippen LogP contribution in [0.4, 0.5) is 0 Å². The Kier molecular flexibility index (Phi) is 5.88. The average molecular weight is 643 g/mol. The number of hydrogen-bond donors (Lipinski definition) is 0. The maximum Gasteiger partial charge on any atom is 0.241 e. The van der Waals surface area contributed by atoms with E-state index >= 15 is 0 Å². The molecule has 8 aromatic rings. The molecule has 2 aliphatic rings. The molecule has 0 aliphatic carbocycles. The molecule has 226 valence electrons. The fourth-order valence-corrected chi connectivity index (χ4v) is 16.3. The summed E-state index contributed by atoms with van der Waals surface area (Å²) < 4.78 is 0. The molecule has 0 bridgehead atoms. The van der Waals surface area contributed by atoms with E-state index in [2.05, 4.69) is 172 Å². The van der Waals surface area contributed by atoms with E-state index in [4.69, 9.17) is 0 Å². The molecule has 0 fully saturated rings. The second-order valence-corrected chi connectivity index (χ2v) is 23.9. The van der Waals surface area contributed by atoms with Crippen molar-refractivity contribution >= 4 is 115 Å². The topological polar surface area (TPSA) is 0 Å². The maximum absolute atomic E-state index is 2.53. The first kappa shape index (κ1) is 28.4. The normalized spacial score (nSPS) is 15.8. The summed E-state index contributed by atoms with van der Waals surface area (Å²) in [6.07, 6.45) is 0. The van der Waals surface area contributed by atoms with E-state index in [9.17, 15) is 0 Å². The van der Waals surface area contributed by atoms with Gasteiger partial charge < -0.3 is 0 Å². The summed E-state index contributed by atoms with van der Waals surface area (Å²) in [7, 11) is -3.66. The van der Waals surface area contributed by atoms with Crippen molar-refractivity contribution in [3.63, 3.8) is 0 Å². The summed E-state index contributed by atoms with van der Waals surface area (Å²) in [4.78, 5) is 0. The van der Waals surface area contributed by atoms with Gasteiger partial charge in [0.15, 0.2) is 0 Å². The predicted octanol–water partition coefficient (Wildman–Crippen LogP) is 3.89. The zero-order valence-electron chi connectivity index (χ0n) is 28.0. The van der Waals surface area contributed by atoms with Crippen LogP contribution in [0.5, 0.6) is 0 Å². The third kappa shape index (κ3) is 3.68. The summed E-state index contributed by atoms with van der Waals surface area (Å²) >= 11 is 0. The van der Waals surface area contributed by atoms with Gasteiger partial charge >= 0.3 is 0 Å². The summed E-state index contributed by atoms with van der Waals surface area (Å²) in [5, 5.41) is 14.5. The highest BCUT2D eigenvalue weighted by Gasteiger charge is 2.43. The molecule has 2 aliphatic heterocycles. The highest BCUT2D eigenvalue weighted by atomic mass is 28.3. The number of rotatable bonds is 2. The van der Waals surface area contributed by atoms with Crippen molar-refractivity contribution in [3.8, 4) is 0 Å². The summed E-state index contributed by atoms with van der Waals surface area (Å²) in [5.74, 6) is 0. The quantitative estimate of drug-likeness (QED) is 0.199. The van der Waals surface area contributed by atoms with Gasteiger partial charge in [-0.2, -0.15) is 0 Å². The Hall–Kier alpha value is -4.64. The van der Waals surface area contributed by atoms with Crippen LogP contribution in [-0.4, -0.2) is 29.6 Å². The zero-order chi connectivity index (χ0) is 32.4. The number of hydrogen-bond acceptors (Lipinski definition) is 0. The maximum atomic E-state index is 2.53. The fourth-order valence-electron chi connectivity index (χ4n) is 9.92. The van der Waals surface area contributed by atoms with Crippen molar-refractivity contribution < 1.29 is 0 Å². The molecule has 0 aromatic heterocycles. The molecule has 0 spiro atoms. The van der Waals surface area contributed by atoms with Crippen molar-refractivity contribution in [1.29, 1.82) is 0 Å². The Morgan fingerprint density at radius 3 is 0.938 bits per heavy atom. The minimum atomic E-state index is -1.83. The van der Waals surface area contributed by atoms with E-state index in [1.165, 1.54) is 65.1 Å². The lowest BCUT2D eigenvalue weighted by atomic mass is 9.35. The molecule has 0 amide bonds. The van der Waals surface area contributed by atoms with Crippen molar-refractivity contribution in [3.05, 3.63) is 146 Å². The highest BCUT2D eigenvalue weighted by Crippen LogP contribution is 2.34. The first-order valence-electron chi connectivity index (χ1n) is 17.4. The molecular formula is C44H36B2Si2. The largest absolute Gasteiger partial charge is 0.241 e. The van der Waals surface area contributed by atoms with Crippen molar-refractivity contribution in [1.82, 2.24) is 0 Å². The van der Waals surface area contributed by atoms with Crippen LogP contribution in [0.2, 0.25) is 26.2 Å². The van der Waals surface area contributed by atoms with Gasteiger partial charge in [-0.15, -0.1) is 0 Å². The van der Waals surface area contributed by atoms with Gasteiger partial charge in [-0.3, -0.25) is 0 Å². The number of benzene rings is 8. The average Bonchev–Trinajstić information content (AvgIpc) is 3.12. The van der Waals surface area contributed by atoms with Gasteiger partial charge in [0.05, 0.1) is 0 Å². The minimum Gasteiger partial charge on any atom is -0.0689 e. The van der Waals surface area contributed by atoms with Crippen molar-refractivity contribution in [2.45, 2.75) is 26.2 Å². The van der Waals surface area contributed by atoms with E-state index in [1.54, 1.807) is 20.7 Å². The smallest absolute Gasteiger partial charge is 0.0689 e. The minimum absolute atomic E-state index is 0.214. The molecule has 10 rings (SSSR count). The van der Waals surface area contributed by atoms with Gasteiger partial charge in [0.1, 0.15) is 16.1 Å². The first-order valence-corrected chi connectivity index (χ1v) is 23.4. The molecule has 4 heteroatoms. The van der Waals surface area contributed by atoms with Crippen LogP contribution in [-0.2, 0) is 0 Å². The Bertz CT molecular complexity index is 2320. The molecule has 2 heterocycles. The lowest BCUT2D eigenvalue weighted by Gasteiger charge is -2.38. The van der Waals surface area contributed by atoms with Crippen LogP contribution in [0.25, 0.3) is 32.3 Å². The molecule has 0 unspecified atom stereocenters. The van der Waals surface area contributed by atoms with Crippen LogP contribution in [0, 0.1) is 0 Å². The molecule has 48 heavy (non-hydrogen) atoms. The predicted molar refractivity (Wildman–Crippen MR) is 219 cm³/mol. The monoisotopic (exact) mass is 642 g/mol. The van der Waals surface area contributed by atoms with Gasteiger partial charge in [-0.05, 0) is 32.3 Å². The fraction of sp³-hybridized carbons (Fsp3) is 0.0909. The SMILES string of the molecule is C[Si]1(C)c2ccccc2B(c2ccc3ccc4c(B5c6ccccc6[Si](C)(C)c6ccccc65)ccc5ccc2c3c54)c2ccccc21. The molecule has 0 saturated carbocycles.